The number of ether oxygens (including phenoxy) is 1. The van der Waals surface area contributed by atoms with Crippen LogP contribution in [0.25, 0.3) is 16.6 Å². The molecular formula is C35H48ClFN5OPS. The average Bonchev–Trinajstić information content (AvgIpc) is 3.54. The van der Waals surface area contributed by atoms with E-state index in [1.807, 2.05) is 26.0 Å². The topological polar surface area (TPSA) is 35.9 Å². The number of hydrogen-bond acceptors (Lipinski definition) is 6. The van der Waals surface area contributed by atoms with Gasteiger partial charge in [0.1, 0.15) is 12.3 Å². The van der Waals surface area contributed by atoms with E-state index in [1.165, 1.54) is 5.56 Å². The van der Waals surface area contributed by atoms with Crippen LogP contribution in [-0.4, -0.2) is 73.8 Å². The molecule has 2 aliphatic rings. The summed E-state index contributed by atoms with van der Waals surface area (Å²) >= 11 is 8.20. The smallest absolute Gasteiger partial charge is 0.170 e. The summed E-state index contributed by atoms with van der Waals surface area (Å²) in [6, 6.07) is 3.73. The largest absolute Gasteiger partial charge is 0.485 e. The molecule has 1 unspecified atom stereocenters. The van der Waals surface area contributed by atoms with E-state index in [1.54, 1.807) is 17.4 Å². The fourth-order valence-corrected chi connectivity index (χ4v) is 7.00. The van der Waals surface area contributed by atoms with Gasteiger partial charge in [-0.05, 0) is 67.5 Å². The van der Waals surface area contributed by atoms with Crippen LogP contribution in [0.15, 0.2) is 58.9 Å². The minimum absolute atomic E-state index is 0.0830. The molecule has 2 aliphatic heterocycles. The molecule has 0 aliphatic carbocycles. The number of benzene rings is 1. The number of nitrogens with one attached hydrogen (secondary N) is 1. The number of thiophene rings is 1. The van der Waals surface area contributed by atoms with Gasteiger partial charge in [-0.25, -0.2) is 4.39 Å². The zero-order valence-electron chi connectivity index (χ0n) is 27.3. The lowest BCUT2D eigenvalue weighted by Crippen LogP contribution is -2.46. The molecule has 1 N–H and O–H groups in total. The Hall–Kier alpha value is -2.61. The van der Waals surface area contributed by atoms with E-state index in [9.17, 15) is 0 Å². The van der Waals surface area contributed by atoms with Gasteiger partial charge in [0.2, 0.25) is 0 Å². The first-order valence-corrected chi connectivity index (χ1v) is 17.8. The van der Waals surface area contributed by atoms with E-state index in [0.717, 1.165) is 72.8 Å². The van der Waals surface area contributed by atoms with Crippen molar-refractivity contribution < 1.29 is 9.13 Å². The summed E-state index contributed by atoms with van der Waals surface area (Å²) in [4.78, 5) is 7.63. The molecule has 244 valence electrons. The number of rotatable bonds is 10. The maximum absolute atomic E-state index is 16.3. The molecule has 2 aromatic heterocycles. The lowest BCUT2D eigenvalue weighted by Gasteiger charge is -2.37. The lowest BCUT2D eigenvalue weighted by atomic mass is 10.1. The maximum Gasteiger partial charge on any atom is 0.170 e. The van der Waals surface area contributed by atoms with Gasteiger partial charge in [0, 0.05) is 84.7 Å². The highest BCUT2D eigenvalue weighted by Gasteiger charge is 2.28. The van der Waals surface area contributed by atoms with Gasteiger partial charge < -0.3 is 24.4 Å². The third kappa shape index (κ3) is 8.60. The van der Waals surface area contributed by atoms with E-state index < -0.39 is 0 Å². The van der Waals surface area contributed by atoms with Gasteiger partial charge in [-0.3, -0.25) is 4.90 Å². The van der Waals surface area contributed by atoms with Crippen LogP contribution in [0.5, 0.6) is 5.75 Å². The zero-order valence-corrected chi connectivity index (χ0v) is 29.9. The molecule has 0 amide bonds. The van der Waals surface area contributed by atoms with Crippen LogP contribution in [0.4, 0.5) is 10.1 Å². The normalized spacial score (nSPS) is 18.9. The van der Waals surface area contributed by atoms with Crippen LogP contribution in [0.1, 0.15) is 51.3 Å². The summed E-state index contributed by atoms with van der Waals surface area (Å²) in [5.41, 5.74) is 4.32. The Morgan fingerprint density at radius 3 is 2.69 bits per heavy atom. The first-order chi connectivity index (χ1) is 21.8. The monoisotopic (exact) mass is 671 g/mol. The second kappa shape index (κ2) is 16.8. The van der Waals surface area contributed by atoms with Crippen LogP contribution in [0.3, 0.4) is 0 Å². The standard InChI is InChI=1S/C33H42ClFN5OPS.C2H6/c1-5-11-37(4)12-10-36-24(3)28-21-40-23(2)6-7-26(34)8-17-41-32-30(40)27(33(28)42)19-29(35)31(32)39-15-13-38(14-16-39)20-25-9-18-43-22-25;1-2/h6-9,18-19,21-23,36,42H,3,5,10-17,20H2,1-2,4H3;1-2H3/b7-6-,26-8+;. The molecular weight excluding hydrogens is 624 g/mol. The van der Waals surface area contributed by atoms with Crippen molar-refractivity contribution in [2.75, 3.05) is 64.4 Å². The SMILES string of the molecule is C=C(NCCN(C)CCC)c1cn2c3c(c(N4CCN(Cc5ccsc5)CC4)c(F)cc3c1=P)OC/C=C(Cl)\C=C/C2C.CC. The average molecular weight is 672 g/mol. The predicted molar refractivity (Wildman–Crippen MR) is 195 cm³/mol. The second-order valence-corrected chi connectivity index (χ2v) is 13.1. The van der Waals surface area contributed by atoms with Crippen molar-refractivity contribution in [2.24, 2.45) is 0 Å². The Kier molecular flexibility index (Phi) is 13.2. The van der Waals surface area contributed by atoms with Crippen molar-refractivity contribution >= 4 is 54.1 Å². The predicted octanol–water partition coefficient (Wildman–Crippen LogP) is 8.40. The minimum atomic E-state index is -0.299. The van der Waals surface area contributed by atoms with Gasteiger partial charge in [-0.15, -0.1) is 8.86 Å². The molecule has 0 saturated carbocycles. The number of allylic oxidation sites excluding steroid dienone is 3. The molecule has 45 heavy (non-hydrogen) atoms. The van der Waals surface area contributed by atoms with E-state index in [0.29, 0.717) is 29.6 Å². The Labute approximate surface area is 279 Å². The number of aromatic nitrogens is 1. The van der Waals surface area contributed by atoms with Gasteiger partial charge in [0.25, 0.3) is 0 Å². The molecule has 1 saturated heterocycles. The van der Waals surface area contributed by atoms with Gasteiger partial charge in [0.05, 0.1) is 5.52 Å². The quantitative estimate of drug-likeness (QED) is 0.219. The van der Waals surface area contributed by atoms with Crippen molar-refractivity contribution in [2.45, 2.75) is 46.7 Å². The van der Waals surface area contributed by atoms with Crippen LogP contribution >= 0.6 is 31.8 Å². The molecule has 0 bridgehead atoms. The molecule has 1 fully saturated rings. The van der Waals surface area contributed by atoms with E-state index in [-0.39, 0.29) is 18.5 Å². The van der Waals surface area contributed by atoms with Gasteiger partial charge >= 0.3 is 0 Å². The number of pyridine rings is 1. The molecule has 1 atom stereocenters. The van der Waals surface area contributed by atoms with E-state index >= 15 is 4.39 Å². The van der Waals surface area contributed by atoms with Crippen LogP contribution in [0, 0.1) is 10.8 Å². The highest BCUT2D eigenvalue weighted by molar-refractivity contribution is 7.08. The summed E-state index contributed by atoms with van der Waals surface area (Å²) in [6.45, 7) is 19.6. The molecule has 3 aromatic rings. The lowest BCUT2D eigenvalue weighted by molar-refractivity contribution is 0.248. The first-order valence-electron chi connectivity index (χ1n) is 16.0. The van der Waals surface area contributed by atoms with Crippen molar-refractivity contribution in [1.29, 1.82) is 0 Å². The number of nitrogens with zero attached hydrogens (tertiary/aromatic N) is 4. The summed E-state index contributed by atoms with van der Waals surface area (Å²) < 4.78 is 24.9. The van der Waals surface area contributed by atoms with Crippen molar-refractivity contribution in [3.05, 3.63) is 80.8 Å². The van der Waals surface area contributed by atoms with Gasteiger partial charge in [-0.2, -0.15) is 11.3 Å². The molecule has 5 rings (SSSR count). The molecule has 4 heterocycles. The van der Waals surface area contributed by atoms with Crippen molar-refractivity contribution in [1.82, 2.24) is 19.7 Å². The Bertz CT molecular complexity index is 1560. The van der Waals surface area contributed by atoms with Crippen LogP contribution in [-0.2, 0) is 6.54 Å². The second-order valence-electron chi connectivity index (χ2n) is 11.4. The van der Waals surface area contributed by atoms with Crippen molar-refractivity contribution in [3.8, 4) is 5.75 Å². The third-order valence-corrected chi connectivity index (χ3v) is 9.71. The maximum atomic E-state index is 16.3. The number of hydrogen-bond donors (Lipinski definition) is 1. The van der Waals surface area contributed by atoms with Crippen LogP contribution in [0.2, 0.25) is 0 Å². The van der Waals surface area contributed by atoms with Gasteiger partial charge in [-0.1, -0.05) is 45.0 Å². The van der Waals surface area contributed by atoms with E-state index in [2.05, 4.69) is 90.0 Å². The summed E-state index contributed by atoms with van der Waals surface area (Å²) in [5, 5.41) is 9.12. The number of piperazine rings is 1. The molecule has 1 aromatic carbocycles. The molecule has 0 radical (unpaired) electrons. The summed E-state index contributed by atoms with van der Waals surface area (Å²) in [5.74, 6) is 0.238. The minimum Gasteiger partial charge on any atom is -0.485 e. The molecule has 6 nitrogen and oxygen atoms in total. The van der Waals surface area contributed by atoms with Gasteiger partial charge in [0.15, 0.2) is 11.6 Å². The molecule has 0 spiro atoms. The molecule has 10 heteroatoms. The highest BCUT2D eigenvalue weighted by atomic mass is 35.5. The Morgan fingerprint density at radius 2 is 2.00 bits per heavy atom. The third-order valence-electron chi connectivity index (χ3n) is 8.16. The Balaban J connectivity index is 0.00000226. The zero-order chi connectivity index (χ0) is 32.5. The summed E-state index contributed by atoms with van der Waals surface area (Å²) in [7, 11) is 6.02. The number of halogens is 2. The Morgan fingerprint density at radius 1 is 1.24 bits per heavy atom. The first kappa shape index (κ1) is 35.2. The fourth-order valence-electron chi connectivity index (χ4n) is 5.80. The van der Waals surface area contributed by atoms with Crippen molar-refractivity contribution in [3.63, 3.8) is 0 Å². The van der Waals surface area contributed by atoms with Crippen LogP contribution < -0.4 is 15.0 Å². The summed E-state index contributed by atoms with van der Waals surface area (Å²) in [6.07, 6.45) is 8.98. The fraction of sp³-hybridized carbons (Fsp3) is 0.457. The number of anilines is 1. The number of likely N-dealkylation sites (N-methyl/N-ethyl adjacent to an activating group) is 1. The van der Waals surface area contributed by atoms with E-state index in [4.69, 9.17) is 16.3 Å². The highest BCUT2D eigenvalue weighted by Crippen LogP contribution is 2.42.